The average Bonchev–Trinajstić information content (AvgIpc) is 2.05. The zero-order chi connectivity index (χ0) is 8.97. The van der Waals surface area contributed by atoms with Gasteiger partial charge in [0.1, 0.15) is 4.99 Å². The number of benzene rings is 1. The van der Waals surface area contributed by atoms with E-state index in [1.54, 1.807) is 6.92 Å². The second-order valence-electron chi connectivity index (χ2n) is 2.42. The summed E-state index contributed by atoms with van der Waals surface area (Å²) in [6, 6.07) is 9.60. The van der Waals surface area contributed by atoms with Crippen LogP contribution in [0.5, 0.6) is 0 Å². The molecule has 0 unspecified atom stereocenters. The molecule has 3 heteroatoms. The van der Waals surface area contributed by atoms with Crippen LogP contribution in [0.3, 0.4) is 0 Å². The maximum atomic E-state index is 5.39. The van der Waals surface area contributed by atoms with Gasteiger partial charge in [-0.3, -0.25) is 0 Å². The Bertz CT molecular complexity index is 300. The van der Waals surface area contributed by atoms with E-state index in [4.69, 9.17) is 18.0 Å². The van der Waals surface area contributed by atoms with E-state index < -0.39 is 0 Å². The second kappa shape index (κ2) is 3.97. The smallest absolute Gasteiger partial charge is 0.135 e. The zero-order valence-electron chi connectivity index (χ0n) is 6.82. The molecule has 0 atom stereocenters. The van der Waals surface area contributed by atoms with Crippen LogP contribution in [0.1, 0.15) is 12.5 Å². The molecule has 0 heterocycles. The number of nitrogens with zero attached hydrogens (tertiary/aromatic N) is 1. The number of aliphatic imine (C=N–C) groups is 1. The predicted molar refractivity (Wildman–Crippen MR) is 55.4 cm³/mol. The number of amidine groups is 1. The fourth-order valence-corrected chi connectivity index (χ4v) is 1.09. The summed E-state index contributed by atoms with van der Waals surface area (Å²) in [5, 5.41) is 0. The van der Waals surface area contributed by atoms with E-state index in [0.717, 1.165) is 5.56 Å². The van der Waals surface area contributed by atoms with Gasteiger partial charge < -0.3 is 5.73 Å². The summed E-state index contributed by atoms with van der Waals surface area (Å²) in [4.78, 5) is 4.51. The molecule has 12 heavy (non-hydrogen) atoms. The summed E-state index contributed by atoms with van der Waals surface area (Å²) in [6.45, 7) is 1.72. The molecule has 0 aromatic heterocycles. The van der Waals surface area contributed by atoms with E-state index in [1.807, 2.05) is 30.3 Å². The molecule has 0 fully saturated rings. The van der Waals surface area contributed by atoms with Gasteiger partial charge in [0, 0.05) is 5.56 Å². The highest BCUT2D eigenvalue weighted by Crippen LogP contribution is 2.01. The van der Waals surface area contributed by atoms with Crippen molar-refractivity contribution >= 4 is 23.0 Å². The van der Waals surface area contributed by atoms with E-state index in [2.05, 4.69) is 4.99 Å². The number of thiocarbonyl (C=S) groups is 1. The molecule has 0 amide bonds. The van der Waals surface area contributed by atoms with Crippen LogP contribution in [0, 0.1) is 0 Å². The van der Waals surface area contributed by atoms with E-state index in [1.165, 1.54) is 0 Å². The molecule has 0 saturated carbocycles. The lowest BCUT2D eigenvalue weighted by Crippen LogP contribution is -2.08. The van der Waals surface area contributed by atoms with Crippen molar-refractivity contribution in [2.24, 2.45) is 10.7 Å². The van der Waals surface area contributed by atoms with E-state index in [-0.39, 0.29) is 0 Å². The minimum atomic E-state index is 0.490. The van der Waals surface area contributed by atoms with Crippen molar-refractivity contribution in [3.05, 3.63) is 35.9 Å². The first kappa shape index (κ1) is 8.87. The van der Waals surface area contributed by atoms with Gasteiger partial charge in [0.05, 0.1) is 5.84 Å². The van der Waals surface area contributed by atoms with Gasteiger partial charge in [0.2, 0.25) is 0 Å². The Morgan fingerprint density at radius 3 is 2.42 bits per heavy atom. The maximum Gasteiger partial charge on any atom is 0.135 e. The van der Waals surface area contributed by atoms with Crippen LogP contribution in [0.2, 0.25) is 0 Å². The fraction of sp³-hybridized carbons (Fsp3) is 0.111. The van der Waals surface area contributed by atoms with Gasteiger partial charge in [0.15, 0.2) is 0 Å². The standard InChI is InChI=1S/C9H10N2S/c1-7(10)11-9(12)8-5-3-2-4-6-8/h2-6H,1H3,(H2,10,11,12). The molecule has 1 rings (SSSR count). The zero-order valence-corrected chi connectivity index (χ0v) is 7.64. The molecule has 0 bridgehead atoms. The summed E-state index contributed by atoms with van der Waals surface area (Å²) < 4.78 is 0. The molecule has 0 spiro atoms. The lowest BCUT2D eigenvalue weighted by atomic mass is 10.2. The summed E-state index contributed by atoms with van der Waals surface area (Å²) in [5.41, 5.74) is 6.32. The highest BCUT2D eigenvalue weighted by atomic mass is 32.1. The largest absolute Gasteiger partial charge is 0.387 e. The van der Waals surface area contributed by atoms with Crippen LogP contribution in [-0.2, 0) is 0 Å². The topological polar surface area (TPSA) is 38.4 Å². The summed E-state index contributed by atoms with van der Waals surface area (Å²) >= 11 is 5.03. The van der Waals surface area contributed by atoms with Crippen LogP contribution in [0.25, 0.3) is 0 Å². The van der Waals surface area contributed by atoms with Gasteiger partial charge in [-0.1, -0.05) is 42.5 Å². The Hall–Kier alpha value is -1.22. The highest BCUT2D eigenvalue weighted by Gasteiger charge is 1.96. The van der Waals surface area contributed by atoms with Crippen molar-refractivity contribution in [1.82, 2.24) is 0 Å². The van der Waals surface area contributed by atoms with Gasteiger partial charge in [-0.25, -0.2) is 4.99 Å². The Morgan fingerprint density at radius 2 is 1.92 bits per heavy atom. The fourth-order valence-electron chi connectivity index (χ4n) is 0.805. The van der Waals surface area contributed by atoms with E-state index in [0.29, 0.717) is 10.8 Å². The summed E-state index contributed by atoms with van der Waals surface area (Å²) in [5.74, 6) is 0.490. The molecule has 2 N–H and O–H groups in total. The Morgan fingerprint density at radius 1 is 1.33 bits per heavy atom. The number of nitrogens with two attached hydrogens (primary N) is 1. The quantitative estimate of drug-likeness (QED) is 0.404. The first-order valence-electron chi connectivity index (χ1n) is 3.60. The van der Waals surface area contributed by atoms with Crippen LogP contribution in [0.4, 0.5) is 0 Å². The summed E-state index contributed by atoms with van der Waals surface area (Å²) in [6.07, 6.45) is 0. The first-order valence-corrected chi connectivity index (χ1v) is 4.01. The number of hydrogen-bond acceptors (Lipinski definition) is 1. The third-order valence-electron chi connectivity index (χ3n) is 1.30. The van der Waals surface area contributed by atoms with E-state index >= 15 is 0 Å². The molecular formula is C9H10N2S. The third-order valence-corrected chi connectivity index (χ3v) is 1.63. The third kappa shape index (κ3) is 2.43. The van der Waals surface area contributed by atoms with Crippen molar-refractivity contribution in [1.29, 1.82) is 0 Å². The van der Waals surface area contributed by atoms with Crippen molar-refractivity contribution in [3.8, 4) is 0 Å². The van der Waals surface area contributed by atoms with E-state index in [9.17, 15) is 0 Å². The minimum Gasteiger partial charge on any atom is -0.387 e. The lowest BCUT2D eigenvalue weighted by molar-refractivity contribution is 1.53. The molecule has 0 aliphatic carbocycles. The lowest BCUT2D eigenvalue weighted by Gasteiger charge is -1.96. The molecule has 62 valence electrons. The normalized spacial score (nSPS) is 11.2. The Balaban J connectivity index is 2.87. The molecule has 1 aromatic rings. The Labute approximate surface area is 77.1 Å². The predicted octanol–water partition coefficient (Wildman–Crippen LogP) is 1.74. The number of rotatable bonds is 1. The number of hydrogen-bond donors (Lipinski definition) is 1. The van der Waals surface area contributed by atoms with Crippen molar-refractivity contribution in [2.75, 3.05) is 0 Å². The van der Waals surface area contributed by atoms with Gasteiger partial charge >= 0.3 is 0 Å². The molecule has 0 radical (unpaired) electrons. The van der Waals surface area contributed by atoms with Crippen molar-refractivity contribution in [2.45, 2.75) is 6.92 Å². The molecule has 0 aliphatic rings. The van der Waals surface area contributed by atoms with Gasteiger partial charge in [-0.2, -0.15) is 0 Å². The first-order chi connectivity index (χ1) is 5.70. The van der Waals surface area contributed by atoms with Crippen molar-refractivity contribution < 1.29 is 0 Å². The van der Waals surface area contributed by atoms with Gasteiger partial charge in [0.25, 0.3) is 0 Å². The van der Waals surface area contributed by atoms with Crippen LogP contribution in [0.15, 0.2) is 35.3 Å². The summed E-state index contributed by atoms with van der Waals surface area (Å²) in [7, 11) is 0. The molecule has 2 nitrogen and oxygen atoms in total. The van der Waals surface area contributed by atoms with Crippen molar-refractivity contribution in [3.63, 3.8) is 0 Å². The molecule has 1 aromatic carbocycles. The SMILES string of the molecule is CC(N)=NC(=S)c1ccccc1. The minimum absolute atomic E-state index is 0.490. The van der Waals surface area contributed by atoms with Crippen LogP contribution >= 0.6 is 12.2 Å². The Kier molecular flexibility index (Phi) is 2.94. The second-order valence-corrected chi connectivity index (χ2v) is 2.81. The molecule has 0 saturated heterocycles. The van der Waals surface area contributed by atoms with Crippen LogP contribution in [-0.4, -0.2) is 10.8 Å². The molecule has 0 aliphatic heterocycles. The van der Waals surface area contributed by atoms with Gasteiger partial charge in [-0.15, -0.1) is 0 Å². The molecular weight excluding hydrogens is 168 g/mol. The van der Waals surface area contributed by atoms with Gasteiger partial charge in [-0.05, 0) is 6.92 Å². The highest BCUT2D eigenvalue weighted by molar-refractivity contribution is 7.80. The monoisotopic (exact) mass is 178 g/mol. The van der Waals surface area contributed by atoms with Crippen LogP contribution < -0.4 is 5.73 Å². The average molecular weight is 178 g/mol. The maximum absolute atomic E-state index is 5.39.